The number of hydrogen-bond acceptors (Lipinski definition) is 5. The topological polar surface area (TPSA) is 57.9 Å². The maximum atomic E-state index is 13.4. The molecule has 0 N–H and O–H groups in total. The van der Waals surface area contributed by atoms with Gasteiger partial charge in [-0.25, -0.2) is 0 Å². The minimum atomic E-state index is -0.0499. The third kappa shape index (κ3) is 3.21. The van der Waals surface area contributed by atoms with Crippen molar-refractivity contribution in [1.82, 2.24) is 0 Å². The van der Waals surface area contributed by atoms with Crippen LogP contribution in [0.2, 0.25) is 0 Å². The Morgan fingerprint density at radius 1 is 1.11 bits per heavy atom. The molecular weight excluding hydrogens is 356 g/mol. The van der Waals surface area contributed by atoms with E-state index in [2.05, 4.69) is 6.92 Å². The molecular formula is C23H24O5. The van der Waals surface area contributed by atoms with Gasteiger partial charge in [-0.2, -0.15) is 0 Å². The first-order valence-electron chi connectivity index (χ1n) is 9.65. The highest BCUT2D eigenvalue weighted by atomic mass is 16.7. The van der Waals surface area contributed by atoms with E-state index in [0.717, 1.165) is 29.7 Å². The maximum absolute atomic E-state index is 13.4. The van der Waals surface area contributed by atoms with E-state index in [1.807, 2.05) is 51.1 Å². The monoisotopic (exact) mass is 380 g/mol. The van der Waals surface area contributed by atoms with Crippen molar-refractivity contribution in [2.24, 2.45) is 0 Å². The quantitative estimate of drug-likeness (QED) is 0.606. The highest BCUT2D eigenvalue weighted by molar-refractivity contribution is 5.85. The van der Waals surface area contributed by atoms with E-state index < -0.39 is 0 Å². The molecule has 0 unspecified atom stereocenters. The van der Waals surface area contributed by atoms with Crippen molar-refractivity contribution in [2.75, 3.05) is 6.79 Å². The van der Waals surface area contributed by atoms with Crippen LogP contribution < -0.4 is 19.6 Å². The van der Waals surface area contributed by atoms with Crippen molar-refractivity contribution in [3.8, 4) is 28.4 Å². The lowest BCUT2D eigenvalue weighted by atomic mass is 10.00. The fraction of sp³-hybridized carbons (Fsp3) is 0.348. The van der Waals surface area contributed by atoms with E-state index in [-0.39, 0.29) is 18.3 Å². The summed E-state index contributed by atoms with van der Waals surface area (Å²) in [6, 6.07) is 9.28. The van der Waals surface area contributed by atoms with Crippen LogP contribution in [0, 0.1) is 6.92 Å². The van der Waals surface area contributed by atoms with Gasteiger partial charge < -0.3 is 18.6 Å². The first-order valence-corrected chi connectivity index (χ1v) is 9.65. The van der Waals surface area contributed by atoms with Crippen molar-refractivity contribution in [1.29, 1.82) is 0 Å². The summed E-state index contributed by atoms with van der Waals surface area (Å²) in [6.07, 6.45) is 1.85. The Morgan fingerprint density at radius 2 is 1.89 bits per heavy atom. The van der Waals surface area contributed by atoms with Gasteiger partial charge in [-0.1, -0.05) is 19.4 Å². The second-order valence-electron chi connectivity index (χ2n) is 7.30. The Balaban J connectivity index is 1.91. The molecule has 0 spiro atoms. The summed E-state index contributed by atoms with van der Waals surface area (Å²) in [5.41, 5.74) is 2.83. The van der Waals surface area contributed by atoms with E-state index in [4.69, 9.17) is 18.6 Å². The van der Waals surface area contributed by atoms with Gasteiger partial charge in [-0.3, -0.25) is 4.79 Å². The Morgan fingerprint density at radius 3 is 2.64 bits per heavy atom. The lowest BCUT2D eigenvalue weighted by Crippen LogP contribution is -2.11. The van der Waals surface area contributed by atoms with Gasteiger partial charge in [0.25, 0.3) is 0 Å². The molecule has 1 aromatic heterocycles. The van der Waals surface area contributed by atoms with E-state index in [1.54, 1.807) is 0 Å². The number of aryl methyl sites for hydroxylation is 2. The van der Waals surface area contributed by atoms with Crippen molar-refractivity contribution >= 4 is 11.0 Å². The van der Waals surface area contributed by atoms with Crippen molar-refractivity contribution in [3.63, 3.8) is 0 Å². The summed E-state index contributed by atoms with van der Waals surface area (Å²) in [4.78, 5) is 13.4. The van der Waals surface area contributed by atoms with Gasteiger partial charge in [0.1, 0.15) is 17.1 Å². The van der Waals surface area contributed by atoms with Crippen LogP contribution in [0.1, 0.15) is 38.5 Å². The minimum absolute atomic E-state index is 0.0498. The van der Waals surface area contributed by atoms with Crippen molar-refractivity contribution < 1.29 is 18.6 Å². The Labute approximate surface area is 163 Å². The van der Waals surface area contributed by atoms with Crippen LogP contribution in [0.15, 0.2) is 39.5 Å². The fourth-order valence-corrected chi connectivity index (χ4v) is 3.59. The molecule has 0 atom stereocenters. The Hall–Kier alpha value is -2.95. The summed E-state index contributed by atoms with van der Waals surface area (Å²) in [6.45, 7) is 8.10. The molecule has 5 nitrogen and oxygen atoms in total. The lowest BCUT2D eigenvalue weighted by molar-refractivity contribution is 0.174. The van der Waals surface area contributed by atoms with Gasteiger partial charge in [0, 0.05) is 6.07 Å². The minimum Gasteiger partial charge on any atom is -0.491 e. The molecule has 2 aromatic carbocycles. The van der Waals surface area contributed by atoms with Gasteiger partial charge in [0.2, 0.25) is 12.2 Å². The van der Waals surface area contributed by atoms with Crippen LogP contribution in [-0.2, 0) is 6.42 Å². The first-order chi connectivity index (χ1) is 13.5. The van der Waals surface area contributed by atoms with Crippen molar-refractivity contribution in [3.05, 3.63) is 51.9 Å². The van der Waals surface area contributed by atoms with Gasteiger partial charge in [-0.15, -0.1) is 0 Å². The summed E-state index contributed by atoms with van der Waals surface area (Å²) < 4.78 is 22.8. The van der Waals surface area contributed by atoms with E-state index in [0.29, 0.717) is 33.8 Å². The zero-order valence-corrected chi connectivity index (χ0v) is 16.6. The molecule has 0 bridgehead atoms. The summed E-state index contributed by atoms with van der Waals surface area (Å²) in [7, 11) is 0. The third-order valence-electron chi connectivity index (χ3n) is 4.79. The molecule has 2 heterocycles. The van der Waals surface area contributed by atoms with Crippen LogP contribution in [-0.4, -0.2) is 12.9 Å². The van der Waals surface area contributed by atoms with E-state index >= 15 is 0 Å². The Kier molecular flexibility index (Phi) is 4.75. The molecule has 0 saturated heterocycles. The molecule has 0 aliphatic carbocycles. The third-order valence-corrected chi connectivity index (χ3v) is 4.79. The second kappa shape index (κ2) is 7.23. The second-order valence-corrected chi connectivity index (χ2v) is 7.30. The highest BCUT2D eigenvalue weighted by Crippen LogP contribution is 2.37. The summed E-state index contributed by atoms with van der Waals surface area (Å²) in [5.74, 6) is 2.67. The molecule has 1 aliphatic heterocycles. The molecule has 0 fully saturated rings. The molecule has 28 heavy (non-hydrogen) atoms. The standard InChI is InChI=1S/C23H24O5/c1-5-6-15-9-17-20(11-19(15)27-13(2)3)28-14(4)22(23(17)24)16-7-8-18-21(10-16)26-12-25-18/h7-11,13H,5-6,12H2,1-4H3. The number of hydrogen-bond donors (Lipinski definition) is 0. The smallest absolute Gasteiger partial charge is 0.231 e. The SMILES string of the molecule is CCCc1cc2c(=O)c(-c3ccc4c(c3)OCO4)c(C)oc2cc1OC(C)C. The van der Waals surface area contributed by atoms with Crippen molar-refractivity contribution in [2.45, 2.75) is 46.6 Å². The number of benzene rings is 2. The summed E-state index contributed by atoms with van der Waals surface area (Å²) >= 11 is 0. The van der Waals surface area contributed by atoms with Crippen LogP contribution >= 0.6 is 0 Å². The molecule has 146 valence electrons. The average molecular weight is 380 g/mol. The van der Waals surface area contributed by atoms with Gasteiger partial charge in [0.15, 0.2) is 11.5 Å². The van der Waals surface area contributed by atoms with E-state index in [9.17, 15) is 4.79 Å². The predicted molar refractivity (Wildman–Crippen MR) is 109 cm³/mol. The van der Waals surface area contributed by atoms with Gasteiger partial charge >= 0.3 is 0 Å². The van der Waals surface area contributed by atoms with Crippen LogP contribution in [0.5, 0.6) is 17.2 Å². The molecule has 0 radical (unpaired) electrons. The zero-order chi connectivity index (χ0) is 19.8. The fourth-order valence-electron chi connectivity index (χ4n) is 3.59. The Bertz CT molecular complexity index is 1090. The predicted octanol–water partition coefficient (Wildman–Crippen LogP) is 5.24. The first kappa shape index (κ1) is 18.4. The number of ether oxygens (including phenoxy) is 3. The molecule has 3 aromatic rings. The largest absolute Gasteiger partial charge is 0.491 e. The number of fused-ring (bicyclic) bond motifs is 2. The van der Waals surface area contributed by atoms with Crippen LogP contribution in [0.25, 0.3) is 22.1 Å². The zero-order valence-electron chi connectivity index (χ0n) is 16.6. The molecule has 4 rings (SSSR count). The van der Waals surface area contributed by atoms with E-state index in [1.165, 1.54) is 0 Å². The van der Waals surface area contributed by atoms with Gasteiger partial charge in [-0.05, 0) is 56.5 Å². The maximum Gasteiger partial charge on any atom is 0.231 e. The highest BCUT2D eigenvalue weighted by Gasteiger charge is 2.20. The molecule has 1 aliphatic rings. The van der Waals surface area contributed by atoms with Gasteiger partial charge in [0.05, 0.1) is 17.1 Å². The summed E-state index contributed by atoms with van der Waals surface area (Å²) in [5, 5.41) is 0.567. The van der Waals surface area contributed by atoms with Crippen LogP contribution in [0.3, 0.4) is 0 Å². The molecule has 5 heteroatoms. The molecule has 0 amide bonds. The number of rotatable bonds is 5. The lowest BCUT2D eigenvalue weighted by Gasteiger charge is -2.16. The average Bonchev–Trinajstić information content (AvgIpc) is 3.10. The van der Waals surface area contributed by atoms with Crippen LogP contribution in [0.4, 0.5) is 0 Å². The normalized spacial score (nSPS) is 12.8. The molecule has 0 saturated carbocycles.